The van der Waals surface area contributed by atoms with Gasteiger partial charge in [-0.25, -0.2) is 0 Å². The van der Waals surface area contributed by atoms with Crippen molar-refractivity contribution in [1.82, 2.24) is 10.6 Å². The van der Waals surface area contributed by atoms with E-state index in [0.717, 1.165) is 12.8 Å². The van der Waals surface area contributed by atoms with Crippen molar-refractivity contribution in [1.29, 1.82) is 0 Å². The summed E-state index contributed by atoms with van der Waals surface area (Å²) in [6.07, 6.45) is 1.53. The molecule has 3 N–H and O–H groups in total. The van der Waals surface area contributed by atoms with Crippen molar-refractivity contribution >= 4 is 5.91 Å². The van der Waals surface area contributed by atoms with E-state index in [4.69, 9.17) is 4.74 Å². The Labute approximate surface area is 110 Å². The molecule has 0 radical (unpaired) electrons. The molecule has 0 aliphatic heterocycles. The van der Waals surface area contributed by atoms with Crippen LogP contribution in [-0.4, -0.2) is 50.0 Å². The first-order chi connectivity index (χ1) is 8.37. The Hall–Kier alpha value is -0.650. The summed E-state index contributed by atoms with van der Waals surface area (Å²) in [6, 6.07) is 0. The number of amides is 1. The summed E-state index contributed by atoms with van der Waals surface area (Å²) < 4.78 is 4.89. The third kappa shape index (κ3) is 10.5. The first-order valence-electron chi connectivity index (χ1n) is 6.56. The van der Waals surface area contributed by atoms with E-state index < -0.39 is 5.60 Å². The molecule has 0 aromatic heterocycles. The highest BCUT2D eigenvalue weighted by Gasteiger charge is 2.21. The summed E-state index contributed by atoms with van der Waals surface area (Å²) in [5.74, 6) is 0.385. The van der Waals surface area contributed by atoms with Gasteiger partial charge in [0.15, 0.2) is 0 Å². The maximum atomic E-state index is 11.4. The standard InChI is InChI=1S/C13H28N2O3/c1-11(2)8-13(3,17)10-14-9-12(16)15-6-5-7-18-4/h11,14,17H,5-10H2,1-4H3,(H,15,16). The predicted molar refractivity (Wildman–Crippen MR) is 72.5 cm³/mol. The van der Waals surface area contributed by atoms with Crippen LogP contribution in [0.4, 0.5) is 0 Å². The molecule has 5 nitrogen and oxygen atoms in total. The topological polar surface area (TPSA) is 70.6 Å². The second kappa shape index (κ2) is 9.30. The number of rotatable bonds is 10. The van der Waals surface area contributed by atoms with Crippen molar-refractivity contribution < 1.29 is 14.6 Å². The van der Waals surface area contributed by atoms with Gasteiger partial charge in [-0.2, -0.15) is 0 Å². The van der Waals surface area contributed by atoms with E-state index in [1.165, 1.54) is 0 Å². The lowest BCUT2D eigenvalue weighted by Crippen LogP contribution is -2.43. The molecule has 1 amide bonds. The Kier molecular flexibility index (Phi) is 8.97. The van der Waals surface area contributed by atoms with Gasteiger partial charge in [0.25, 0.3) is 0 Å². The quantitative estimate of drug-likeness (QED) is 0.501. The molecule has 0 aliphatic carbocycles. The molecule has 0 aromatic carbocycles. The molecule has 108 valence electrons. The fourth-order valence-corrected chi connectivity index (χ4v) is 1.90. The second-order valence-electron chi connectivity index (χ2n) is 5.39. The van der Waals surface area contributed by atoms with Crippen LogP contribution in [0.5, 0.6) is 0 Å². The molecule has 0 aliphatic rings. The number of ether oxygens (including phenoxy) is 1. The van der Waals surface area contributed by atoms with Crippen LogP contribution in [0.1, 0.15) is 33.6 Å². The van der Waals surface area contributed by atoms with Gasteiger partial charge in [0.1, 0.15) is 0 Å². The molecule has 0 rings (SSSR count). The van der Waals surface area contributed by atoms with Gasteiger partial charge in [-0.1, -0.05) is 13.8 Å². The van der Waals surface area contributed by atoms with Crippen molar-refractivity contribution in [2.24, 2.45) is 5.92 Å². The zero-order chi connectivity index (χ0) is 14.0. The molecular formula is C13H28N2O3. The fourth-order valence-electron chi connectivity index (χ4n) is 1.90. The molecule has 5 heteroatoms. The SMILES string of the molecule is COCCCNC(=O)CNCC(C)(O)CC(C)C. The van der Waals surface area contributed by atoms with Crippen LogP contribution in [0, 0.1) is 5.92 Å². The smallest absolute Gasteiger partial charge is 0.233 e. The zero-order valence-corrected chi connectivity index (χ0v) is 12.1. The van der Waals surface area contributed by atoms with Crippen molar-refractivity contribution in [3.8, 4) is 0 Å². The molecule has 1 atom stereocenters. The average Bonchev–Trinajstić information content (AvgIpc) is 2.22. The van der Waals surface area contributed by atoms with Crippen LogP contribution in [0.2, 0.25) is 0 Å². The van der Waals surface area contributed by atoms with E-state index in [0.29, 0.717) is 25.6 Å². The minimum Gasteiger partial charge on any atom is -0.389 e. The van der Waals surface area contributed by atoms with Crippen LogP contribution in [-0.2, 0) is 9.53 Å². The van der Waals surface area contributed by atoms with Gasteiger partial charge in [-0.05, 0) is 25.7 Å². The Morgan fingerprint density at radius 3 is 2.67 bits per heavy atom. The van der Waals surface area contributed by atoms with Gasteiger partial charge < -0.3 is 20.5 Å². The third-order valence-corrected chi connectivity index (χ3v) is 2.49. The normalized spacial score (nSPS) is 14.6. The molecule has 1 unspecified atom stereocenters. The number of hydrogen-bond donors (Lipinski definition) is 3. The van der Waals surface area contributed by atoms with Crippen molar-refractivity contribution in [2.75, 3.05) is 33.4 Å². The maximum Gasteiger partial charge on any atom is 0.233 e. The van der Waals surface area contributed by atoms with E-state index in [2.05, 4.69) is 24.5 Å². The lowest BCUT2D eigenvalue weighted by molar-refractivity contribution is -0.120. The van der Waals surface area contributed by atoms with Crippen molar-refractivity contribution in [3.05, 3.63) is 0 Å². The van der Waals surface area contributed by atoms with Gasteiger partial charge in [-0.15, -0.1) is 0 Å². The molecule has 0 spiro atoms. The van der Waals surface area contributed by atoms with E-state index in [-0.39, 0.29) is 12.5 Å². The monoisotopic (exact) mass is 260 g/mol. The molecule has 0 saturated carbocycles. The lowest BCUT2D eigenvalue weighted by atomic mass is 9.94. The molecule has 0 saturated heterocycles. The minimum atomic E-state index is -0.759. The summed E-state index contributed by atoms with van der Waals surface area (Å²) in [4.78, 5) is 11.4. The lowest BCUT2D eigenvalue weighted by Gasteiger charge is -2.25. The van der Waals surface area contributed by atoms with E-state index in [9.17, 15) is 9.90 Å². The van der Waals surface area contributed by atoms with Crippen molar-refractivity contribution in [3.63, 3.8) is 0 Å². The van der Waals surface area contributed by atoms with Crippen LogP contribution in [0.3, 0.4) is 0 Å². The first-order valence-corrected chi connectivity index (χ1v) is 6.56. The van der Waals surface area contributed by atoms with Crippen LogP contribution < -0.4 is 10.6 Å². The summed E-state index contributed by atoms with van der Waals surface area (Å²) in [5, 5.41) is 15.8. The highest BCUT2D eigenvalue weighted by molar-refractivity contribution is 5.77. The fraction of sp³-hybridized carbons (Fsp3) is 0.923. The van der Waals surface area contributed by atoms with Gasteiger partial charge in [0.05, 0.1) is 12.1 Å². The largest absolute Gasteiger partial charge is 0.389 e. The predicted octanol–water partition coefficient (Wildman–Crippen LogP) is 0.526. The summed E-state index contributed by atoms with van der Waals surface area (Å²) >= 11 is 0. The van der Waals surface area contributed by atoms with Crippen LogP contribution in [0.15, 0.2) is 0 Å². The van der Waals surface area contributed by atoms with Crippen LogP contribution in [0.25, 0.3) is 0 Å². The Morgan fingerprint density at radius 2 is 2.11 bits per heavy atom. The van der Waals surface area contributed by atoms with Gasteiger partial charge in [0.2, 0.25) is 5.91 Å². The molecular weight excluding hydrogens is 232 g/mol. The van der Waals surface area contributed by atoms with Crippen LogP contribution >= 0.6 is 0 Å². The highest BCUT2D eigenvalue weighted by atomic mass is 16.5. The molecule has 0 fully saturated rings. The average molecular weight is 260 g/mol. The highest BCUT2D eigenvalue weighted by Crippen LogP contribution is 2.14. The van der Waals surface area contributed by atoms with E-state index in [1.807, 2.05) is 0 Å². The van der Waals surface area contributed by atoms with E-state index >= 15 is 0 Å². The molecule has 0 heterocycles. The van der Waals surface area contributed by atoms with Gasteiger partial charge in [-0.3, -0.25) is 4.79 Å². The Bertz CT molecular complexity index is 230. The first kappa shape index (κ1) is 17.4. The summed E-state index contributed by atoms with van der Waals surface area (Å²) in [7, 11) is 1.64. The third-order valence-electron chi connectivity index (χ3n) is 2.49. The summed E-state index contributed by atoms with van der Waals surface area (Å²) in [6.45, 7) is 7.86. The molecule has 0 bridgehead atoms. The zero-order valence-electron chi connectivity index (χ0n) is 12.1. The molecule has 0 aromatic rings. The Morgan fingerprint density at radius 1 is 1.44 bits per heavy atom. The number of carbonyl (C=O) groups is 1. The number of hydrogen-bond acceptors (Lipinski definition) is 4. The number of methoxy groups -OCH3 is 1. The number of nitrogens with one attached hydrogen (secondary N) is 2. The molecule has 18 heavy (non-hydrogen) atoms. The Balaban J connectivity index is 3.61. The van der Waals surface area contributed by atoms with Gasteiger partial charge in [0, 0.05) is 26.8 Å². The van der Waals surface area contributed by atoms with Gasteiger partial charge >= 0.3 is 0 Å². The second-order valence-corrected chi connectivity index (χ2v) is 5.39. The minimum absolute atomic E-state index is 0.0496. The maximum absolute atomic E-state index is 11.4. The van der Waals surface area contributed by atoms with E-state index in [1.54, 1.807) is 14.0 Å². The summed E-state index contributed by atoms with van der Waals surface area (Å²) in [5.41, 5.74) is -0.759. The number of carbonyl (C=O) groups excluding carboxylic acids is 1. The number of aliphatic hydroxyl groups is 1. The van der Waals surface area contributed by atoms with Crippen molar-refractivity contribution in [2.45, 2.75) is 39.2 Å².